The van der Waals surface area contributed by atoms with Crippen molar-refractivity contribution in [3.05, 3.63) is 0 Å². The smallest absolute Gasteiger partial charge is 0.323 e. The number of methoxy groups -OCH3 is 1. The van der Waals surface area contributed by atoms with Gasteiger partial charge in [-0.3, -0.25) is 9.59 Å². The van der Waals surface area contributed by atoms with Crippen molar-refractivity contribution in [2.75, 3.05) is 26.8 Å². The van der Waals surface area contributed by atoms with Crippen LogP contribution in [-0.4, -0.2) is 48.7 Å². The summed E-state index contributed by atoms with van der Waals surface area (Å²) in [6.07, 6.45) is 6.62. The van der Waals surface area contributed by atoms with Gasteiger partial charge in [-0.2, -0.15) is 0 Å². The minimum Gasteiger partial charge on any atom is -0.480 e. The molecule has 1 amide bonds. The van der Waals surface area contributed by atoms with Gasteiger partial charge in [0.1, 0.15) is 6.54 Å². The molecule has 1 rings (SSSR count). The zero-order chi connectivity index (χ0) is 15.0. The van der Waals surface area contributed by atoms with Crippen LogP contribution in [0.3, 0.4) is 0 Å². The van der Waals surface area contributed by atoms with Crippen LogP contribution in [0.2, 0.25) is 0 Å². The normalized spacial score (nSPS) is 17.1. The zero-order valence-electron chi connectivity index (χ0n) is 12.6. The van der Waals surface area contributed by atoms with Crippen LogP contribution >= 0.6 is 0 Å². The second kappa shape index (κ2) is 8.95. The van der Waals surface area contributed by atoms with Crippen molar-refractivity contribution < 1.29 is 19.4 Å². The average Bonchev–Trinajstić information content (AvgIpc) is 2.92. The van der Waals surface area contributed by atoms with Crippen molar-refractivity contribution >= 4 is 11.9 Å². The Kier molecular flexibility index (Phi) is 7.59. The predicted molar refractivity (Wildman–Crippen MR) is 76.4 cm³/mol. The van der Waals surface area contributed by atoms with Crippen molar-refractivity contribution in [1.82, 2.24) is 4.90 Å². The Hall–Kier alpha value is -1.10. The van der Waals surface area contributed by atoms with Crippen LogP contribution in [0.15, 0.2) is 0 Å². The van der Waals surface area contributed by atoms with Gasteiger partial charge in [-0.1, -0.05) is 32.6 Å². The maximum absolute atomic E-state index is 12.5. The molecule has 20 heavy (non-hydrogen) atoms. The molecule has 0 heterocycles. The topological polar surface area (TPSA) is 66.8 Å². The van der Waals surface area contributed by atoms with E-state index >= 15 is 0 Å². The van der Waals surface area contributed by atoms with E-state index < -0.39 is 5.97 Å². The van der Waals surface area contributed by atoms with Crippen LogP contribution in [0.1, 0.15) is 45.4 Å². The van der Waals surface area contributed by atoms with Gasteiger partial charge in [0, 0.05) is 19.6 Å². The van der Waals surface area contributed by atoms with E-state index in [1.165, 1.54) is 30.6 Å². The summed E-state index contributed by atoms with van der Waals surface area (Å²) in [4.78, 5) is 24.8. The first kappa shape index (κ1) is 17.0. The van der Waals surface area contributed by atoms with Gasteiger partial charge in [0.05, 0.1) is 6.61 Å². The predicted octanol–water partition coefficient (Wildman–Crippen LogP) is 2.15. The number of nitrogens with zero attached hydrogens (tertiary/aromatic N) is 1. The maximum atomic E-state index is 12.5. The first-order chi connectivity index (χ1) is 9.58. The molecule has 1 fully saturated rings. The fourth-order valence-corrected chi connectivity index (χ4v) is 2.98. The highest BCUT2D eigenvalue weighted by molar-refractivity contribution is 5.83. The SMILES string of the molecule is CCC(CC1CCCC1)C(=O)N(CCOC)CC(=O)O. The molecule has 0 bridgehead atoms. The number of carboxylic acid groups (broad SMARTS) is 1. The summed E-state index contributed by atoms with van der Waals surface area (Å²) >= 11 is 0. The van der Waals surface area contributed by atoms with E-state index in [9.17, 15) is 9.59 Å². The molecule has 1 aliphatic rings. The molecule has 0 spiro atoms. The van der Waals surface area contributed by atoms with E-state index in [-0.39, 0.29) is 18.4 Å². The minimum absolute atomic E-state index is 0.0288. The second-order valence-electron chi connectivity index (χ2n) is 5.64. The van der Waals surface area contributed by atoms with Crippen LogP contribution in [0.4, 0.5) is 0 Å². The average molecular weight is 285 g/mol. The van der Waals surface area contributed by atoms with E-state index in [1.807, 2.05) is 6.92 Å². The first-order valence-electron chi connectivity index (χ1n) is 7.58. The standard InChI is InChI=1S/C15H27NO4/c1-3-13(10-12-6-4-5-7-12)15(19)16(8-9-20-2)11-14(17)18/h12-13H,3-11H2,1-2H3,(H,17,18). The van der Waals surface area contributed by atoms with E-state index in [1.54, 1.807) is 7.11 Å². The molecule has 0 aromatic carbocycles. The molecule has 0 aromatic heterocycles. The Morgan fingerprint density at radius 2 is 2.00 bits per heavy atom. The lowest BCUT2D eigenvalue weighted by Crippen LogP contribution is -2.41. The Labute approximate surface area is 121 Å². The lowest BCUT2D eigenvalue weighted by molar-refractivity contribution is -0.147. The molecule has 0 aliphatic heterocycles. The molecule has 5 heteroatoms. The van der Waals surface area contributed by atoms with Crippen LogP contribution in [0.5, 0.6) is 0 Å². The number of hydrogen-bond acceptors (Lipinski definition) is 3. The van der Waals surface area contributed by atoms with Gasteiger partial charge in [-0.15, -0.1) is 0 Å². The van der Waals surface area contributed by atoms with Gasteiger partial charge in [0.2, 0.25) is 5.91 Å². The summed E-state index contributed by atoms with van der Waals surface area (Å²) in [5.74, 6) is -0.406. The molecular weight excluding hydrogens is 258 g/mol. The van der Waals surface area contributed by atoms with Crippen molar-refractivity contribution in [2.24, 2.45) is 11.8 Å². The summed E-state index contributed by atoms with van der Waals surface area (Å²) in [7, 11) is 1.55. The number of amides is 1. The largest absolute Gasteiger partial charge is 0.480 e. The lowest BCUT2D eigenvalue weighted by atomic mass is 9.90. The fraction of sp³-hybridized carbons (Fsp3) is 0.867. The van der Waals surface area contributed by atoms with Gasteiger partial charge >= 0.3 is 5.97 Å². The van der Waals surface area contributed by atoms with E-state index in [0.717, 1.165) is 12.8 Å². The second-order valence-corrected chi connectivity index (χ2v) is 5.64. The van der Waals surface area contributed by atoms with Crippen LogP contribution < -0.4 is 0 Å². The first-order valence-corrected chi connectivity index (χ1v) is 7.58. The summed E-state index contributed by atoms with van der Waals surface area (Å²) < 4.78 is 4.96. The number of carbonyl (C=O) groups is 2. The summed E-state index contributed by atoms with van der Waals surface area (Å²) in [6, 6.07) is 0. The molecule has 1 N–H and O–H groups in total. The number of hydrogen-bond donors (Lipinski definition) is 1. The Morgan fingerprint density at radius 3 is 2.50 bits per heavy atom. The number of rotatable bonds is 9. The highest BCUT2D eigenvalue weighted by Crippen LogP contribution is 2.31. The van der Waals surface area contributed by atoms with Crippen LogP contribution in [0, 0.1) is 11.8 Å². The quantitative estimate of drug-likeness (QED) is 0.705. The number of aliphatic carboxylic acids is 1. The van der Waals surface area contributed by atoms with Crippen molar-refractivity contribution in [1.29, 1.82) is 0 Å². The molecule has 1 atom stereocenters. The molecule has 1 aliphatic carbocycles. The van der Waals surface area contributed by atoms with Crippen molar-refractivity contribution in [3.8, 4) is 0 Å². The third-order valence-corrected chi connectivity index (χ3v) is 4.14. The zero-order valence-corrected chi connectivity index (χ0v) is 12.6. The number of carbonyl (C=O) groups excluding carboxylic acids is 1. The molecule has 1 unspecified atom stereocenters. The van der Waals surface area contributed by atoms with E-state index in [0.29, 0.717) is 19.1 Å². The maximum Gasteiger partial charge on any atom is 0.323 e. The third-order valence-electron chi connectivity index (χ3n) is 4.14. The van der Waals surface area contributed by atoms with Gasteiger partial charge in [0.15, 0.2) is 0 Å². The van der Waals surface area contributed by atoms with E-state index in [2.05, 4.69) is 0 Å². The number of ether oxygens (including phenoxy) is 1. The molecule has 0 aromatic rings. The van der Waals surface area contributed by atoms with Gasteiger partial charge in [0.25, 0.3) is 0 Å². The van der Waals surface area contributed by atoms with Crippen molar-refractivity contribution in [2.45, 2.75) is 45.4 Å². The van der Waals surface area contributed by atoms with Gasteiger partial charge < -0.3 is 14.7 Å². The van der Waals surface area contributed by atoms with Gasteiger partial charge in [-0.05, 0) is 18.8 Å². The van der Waals surface area contributed by atoms with Crippen molar-refractivity contribution in [3.63, 3.8) is 0 Å². The van der Waals surface area contributed by atoms with Crippen LogP contribution in [0.25, 0.3) is 0 Å². The number of carboxylic acids is 1. The molecule has 1 saturated carbocycles. The molecular formula is C15H27NO4. The third kappa shape index (κ3) is 5.49. The Bertz CT molecular complexity index is 313. The highest BCUT2D eigenvalue weighted by atomic mass is 16.5. The molecule has 0 radical (unpaired) electrons. The Morgan fingerprint density at radius 1 is 1.35 bits per heavy atom. The molecule has 0 saturated heterocycles. The summed E-state index contributed by atoms with van der Waals surface area (Å²) in [6.45, 7) is 2.50. The summed E-state index contributed by atoms with van der Waals surface area (Å²) in [5.41, 5.74) is 0. The molecule has 5 nitrogen and oxygen atoms in total. The fourth-order valence-electron chi connectivity index (χ4n) is 2.98. The lowest BCUT2D eigenvalue weighted by Gasteiger charge is -2.26. The minimum atomic E-state index is -0.967. The Balaban J connectivity index is 2.59. The highest BCUT2D eigenvalue weighted by Gasteiger charge is 2.28. The monoisotopic (exact) mass is 285 g/mol. The van der Waals surface area contributed by atoms with Gasteiger partial charge in [-0.25, -0.2) is 0 Å². The van der Waals surface area contributed by atoms with E-state index in [4.69, 9.17) is 9.84 Å². The van der Waals surface area contributed by atoms with Crippen LogP contribution in [-0.2, 0) is 14.3 Å². The summed E-state index contributed by atoms with van der Waals surface area (Å²) in [5, 5.41) is 8.94. The molecule has 116 valence electrons.